The lowest BCUT2D eigenvalue weighted by Crippen LogP contribution is -2.30. The van der Waals surface area contributed by atoms with Crippen molar-refractivity contribution in [3.05, 3.63) is 34.7 Å². The van der Waals surface area contributed by atoms with Gasteiger partial charge in [0.25, 0.3) is 5.56 Å². The van der Waals surface area contributed by atoms with Crippen LogP contribution in [0.15, 0.2) is 29.2 Å². The number of nitrogens with one attached hydrogen (secondary N) is 1. The maximum atomic E-state index is 11.3. The fraction of sp³-hybridized carbons (Fsp3) is 0.455. The van der Waals surface area contributed by atoms with Crippen molar-refractivity contribution in [2.45, 2.75) is 13.5 Å². The Labute approximate surface area is 94.0 Å². The summed E-state index contributed by atoms with van der Waals surface area (Å²) in [6.45, 7) is 3.43. The van der Waals surface area contributed by atoms with Gasteiger partial charge < -0.3 is 14.6 Å². The van der Waals surface area contributed by atoms with Crippen LogP contribution >= 0.6 is 0 Å². The highest BCUT2D eigenvalue weighted by Gasteiger charge is 1.99. The largest absolute Gasteiger partial charge is 0.465 e. The standard InChI is InChI=1S/C11H16N2O3/c1-2-16-11(15)9-12-6-8-13-7-4-3-5-10(13)14/h3-5,7,12H,2,6,8-9H2,1H3. The van der Waals surface area contributed by atoms with E-state index >= 15 is 0 Å². The fourth-order valence-corrected chi connectivity index (χ4v) is 1.25. The normalized spacial score (nSPS) is 10.1. The maximum Gasteiger partial charge on any atom is 0.319 e. The number of esters is 1. The molecule has 0 aromatic carbocycles. The number of aromatic nitrogens is 1. The van der Waals surface area contributed by atoms with E-state index in [1.807, 2.05) is 0 Å². The van der Waals surface area contributed by atoms with Crippen LogP contribution in [0.2, 0.25) is 0 Å². The van der Waals surface area contributed by atoms with Gasteiger partial charge in [0.15, 0.2) is 0 Å². The average Bonchev–Trinajstić information content (AvgIpc) is 2.27. The first-order chi connectivity index (χ1) is 7.74. The Balaban J connectivity index is 2.24. The highest BCUT2D eigenvalue weighted by atomic mass is 16.5. The summed E-state index contributed by atoms with van der Waals surface area (Å²) < 4.78 is 6.33. The molecule has 0 aliphatic heterocycles. The number of rotatable bonds is 6. The van der Waals surface area contributed by atoms with Gasteiger partial charge in [-0.1, -0.05) is 6.07 Å². The number of carbonyl (C=O) groups is 1. The van der Waals surface area contributed by atoms with E-state index in [0.29, 0.717) is 19.7 Å². The molecule has 0 aliphatic rings. The van der Waals surface area contributed by atoms with Gasteiger partial charge in [0, 0.05) is 25.4 Å². The molecule has 1 rings (SSSR count). The Kier molecular flexibility index (Phi) is 5.28. The predicted octanol–water partition coefficient (Wildman–Crippen LogP) is 0.001000. The predicted molar refractivity (Wildman–Crippen MR) is 60.2 cm³/mol. The van der Waals surface area contributed by atoms with Gasteiger partial charge in [0.2, 0.25) is 0 Å². The van der Waals surface area contributed by atoms with Crippen LogP contribution in [0, 0.1) is 0 Å². The zero-order valence-electron chi connectivity index (χ0n) is 9.31. The molecule has 0 saturated carbocycles. The average molecular weight is 224 g/mol. The minimum Gasteiger partial charge on any atom is -0.465 e. The first-order valence-electron chi connectivity index (χ1n) is 5.26. The minimum absolute atomic E-state index is 0.0413. The molecule has 0 radical (unpaired) electrons. The minimum atomic E-state index is -0.275. The Morgan fingerprint density at radius 2 is 2.31 bits per heavy atom. The van der Waals surface area contributed by atoms with Crippen LogP contribution in [0.5, 0.6) is 0 Å². The van der Waals surface area contributed by atoms with Crippen molar-refractivity contribution in [3.8, 4) is 0 Å². The molecule has 0 bridgehead atoms. The molecule has 5 nitrogen and oxygen atoms in total. The summed E-state index contributed by atoms with van der Waals surface area (Å²) in [6.07, 6.45) is 1.72. The van der Waals surface area contributed by atoms with Gasteiger partial charge in [-0.25, -0.2) is 0 Å². The number of ether oxygens (including phenoxy) is 1. The zero-order chi connectivity index (χ0) is 11.8. The van der Waals surface area contributed by atoms with E-state index in [1.54, 1.807) is 29.8 Å². The third kappa shape index (κ3) is 4.27. The Morgan fingerprint density at radius 1 is 1.50 bits per heavy atom. The number of hydrogen-bond acceptors (Lipinski definition) is 4. The van der Waals surface area contributed by atoms with E-state index in [9.17, 15) is 9.59 Å². The lowest BCUT2D eigenvalue weighted by atomic mass is 10.4. The van der Waals surface area contributed by atoms with E-state index in [2.05, 4.69) is 5.32 Å². The van der Waals surface area contributed by atoms with Gasteiger partial charge >= 0.3 is 5.97 Å². The molecule has 1 N–H and O–H groups in total. The Bertz CT molecular complexity index is 387. The molecule has 0 atom stereocenters. The molecule has 1 aromatic heterocycles. The Morgan fingerprint density at radius 3 is 3.00 bits per heavy atom. The van der Waals surface area contributed by atoms with Crippen molar-refractivity contribution in [2.24, 2.45) is 0 Å². The van der Waals surface area contributed by atoms with Crippen LogP contribution in [0.1, 0.15) is 6.92 Å². The van der Waals surface area contributed by atoms with Crippen LogP contribution in [-0.2, 0) is 16.1 Å². The fourth-order valence-electron chi connectivity index (χ4n) is 1.25. The Hall–Kier alpha value is -1.62. The second-order valence-electron chi connectivity index (χ2n) is 3.21. The van der Waals surface area contributed by atoms with E-state index in [1.165, 1.54) is 6.07 Å². The molecule has 0 amide bonds. The summed E-state index contributed by atoms with van der Waals surface area (Å²) in [6, 6.07) is 5.00. The topological polar surface area (TPSA) is 60.3 Å². The highest BCUT2D eigenvalue weighted by molar-refractivity contribution is 5.71. The third-order valence-electron chi connectivity index (χ3n) is 2.00. The SMILES string of the molecule is CCOC(=O)CNCCn1ccccc1=O. The van der Waals surface area contributed by atoms with E-state index in [0.717, 1.165) is 0 Å². The van der Waals surface area contributed by atoms with Gasteiger partial charge in [-0.3, -0.25) is 9.59 Å². The molecule has 1 aromatic rings. The lowest BCUT2D eigenvalue weighted by Gasteiger charge is -2.06. The van der Waals surface area contributed by atoms with Crippen molar-refractivity contribution in [1.82, 2.24) is 9.88 Å². The molecule has 0 saturated heterocycles. The van der Waals surface area contributed by atoms with Crippen LogP contribution in [0.3, 0.4) is 0 Å². The van der Waals surface area contributed by atoms with Crippen LogP contribution in [0.25, 0.3) is 0 Å². The van der Waals surface area contributed by atoms with E-state index < -0.39 is 0 Å². The summed E-state index contributed by atoms with van der Waals surface area (Å²) >= 11 is 0. The number of nitrogens with zero attached hydrogens (tertiary/aromatic N) is 1. The van der Waals surface area contributed by atoms with Gasteiger partial charge in [0.1, 0.15) is 0 Å². The molecule has 88 valence electrons. The summed E-state index contributed by atoms with van der Waals surface area (Å²) in [5.74, 6) is -0.275. The maximum absolute atomic E-state index is 11.3. The van der Waals surface area contributed by atoms with Crippen LogP contribution in [0.4, 0.5) is 0 Å². The zero-order valence-corrected chi connectivity index (χ0v) is 9.31. The van der Waals surface area contributed by atoms with Crippen LogP contribution < -0.4 is 10.9 Å². The van der Waals surface area contributed by atoms with E-state index in [-0.39, 0.29) is 18.1 Å². The van der Waals surface area contributed by atoms with Gasteiger partial charge in [-0.2, -0.15) is 0 Å². The number of pyridine rings is 1. The molecular formula is C11H16N2O3. The van der Waals surface area contributed by atoms with Crippen molar-refractivity contribution < 1.29 is 9.53 Å². The van der Waals surface area contributed by atoms with Crippen molar-refractivity contribution >= 4 is 5.97 Å². The van der Waals surface area contributed by atoms with Gasteiger partial charge in [-0.15, -0.1) is 0 Å². The molecule has 1 heterocycles. The first kappa shape index (κ1) is 12.4. The second kappa shape index (κ2) is 6.79. The molecular weight excluding hydrogens is 208 g/mol. The van der Waals surface area contributed by atoms with Crippen molar-refractivity contribution in [3.63, 3.8) is 0 Å². The smallest absolute Gasteiger partial charge is 0.319 e. The summed E-state index contributed by atoms with van der Waals surface area (Å²) in [5, 5.41) is 2.91. The van der Waals surface area contributed by atoms with Crippen molar-refractivity contribution in [1.29, 1.82) is 0 Å². The first-order valence-corrected chi connectivity index (χ1v) is 5.26. The molecule has 16 heavy (non-hydrogen) atoms. The third-order valence-corrected chi connectivity index (χ3v) is 2.00. The van der Waals surface area contributed by atoms with E-state index in [4.69, 9.17) is 4.74 Å². The van der Waals surface area contributed by atoms with Crippen LogP contribution in [-0.4, -0.2) is 30.2 Å². The molecule has 0 unspecified atom stereocenters. The summed E-state index contributed by atoms with van der Waals surface area (Å²) in [4.78, 5) is 22.3. The summed E-state index contributed by atoms with van der Waals surface area (Å²) in [7, 11) is 0. The molecule has 5 heteroatoms. The quantitative estimate of drug-likeness (QED) is 0.546. The summed E-state index contributed by atoms with van der Waals surface area (Å²) in [5.41, 5.74) is -0.0413. The lowest BCUT2D eigenvalue weighted by molar-refractivity contribution is -0.141. The monoisotopic (exact) mass is 224 g/mol. The molecule has 0 aliphatic carbocycles. The van der Waals surface area contributed by atoms with Gasteiger partial charge in [-0.05, 0) is 13.0 Å². The highest BCUT2D eigenvalue weighted by Crippen LogP contribution is 1.81. The molecule has 0 fully saturated rings. The van der Waals surface area contributed by atoms with Gasteiger partial charge in [0.05, 0.1) is 13.2 Å². The number of hydrogen-bond donors (Lipinski definition) is 1. The molecule has 0 spiro atoms. The van der Waals surface area contributed by atoms with Crippen molar-refractivity contribution in [2.75, 3.05) is 19.7 Å². The number of carbonyl (C=O) groups excluding carboxylic acids is 1. The second-order valence-corrected chi connectivity index (χ2v) is 3.21.